The van der Waals surface area contributed by atoms with Gasteiger partial charge >= 0.3 is 0 Å². The Morgan fingerprint density at radius 2 is 1.02 bits per heavy atom. The normalized spacial score (nSPS) is 11.9. The summed E-state index contributed by atoms with van der Waals surface area (Å²) in [5, 5.41) is 7.07. The highest BCUT2D eigenvalue weighted by Gasteiger charge is 2.18. The van der Waals surface area contributed by atoms with Gasteiger partial charge < -0.3 is 9.32 Å². The average molecular weight is 721 g/mol. The fourth-order valence-corrected chi connectivity index (χ4v) is 9.44. The van der Waals surface area contributed by atoms with Gasteiger partial charge in [-0.25, -0.2) is 0 Å². The second-order valence-corrected chi connectivity index (χ2v) is 15.0. The largest absolute Gasteiger partial charge is 0.456 e. The van der Waals surface area contributed by atoms with E-state index in [2.05, 4.69) is 175 Å². The maximum Gasteiger partial charge on any atom is 0.136 e. The number of para-hydroxylation sites is 1. The molecule has 0 N–H and O–H groups in total. The first-order chi connectivity index (χ1) is 27.7. The van der Waals surface area contributed by atoms with Gasteiger partial charge in [0.2, 0.25) is 0 Å². The molecule has 0 amide bonds. The van der Waals surface area contributed by atoms with Crippen molar-refractivity contribution < 1.29 is 5.79 Å². The molecule has 2 nitrogen and oxygen atoms in total. The Balaban J connectivity index is 1.05. The Bertz CT molecular complexity index is 3260. The third-order valence-electron chi connectivity index (χ3n) is 10.8. The zero-order valence-corrected chi connectivity index (χ0v) is 30.6. The molecule has 9 aromatic carbocycles. The van der Waals surface area contributed by atoms with Crippen molar-refractivity contribution in [2.75, 3.05) is 4.90 Å². The van der Waals surface area contributed by atoms with Crippen LogP contribution in [0.3, 0.4) is 0 Å². The molecule has 0 atom stereocenters. The molecular formula is C52H33NOS. The summed E-state index contributed by atoms with van der Waals surface area (Å²) in [6.45, 7) is 0. The third kappa shape index (κ3) is 5.32. The topological polar surface area (TPSA) is 16.4 Å². The van der Waals surface area contributed by atoms with Crippen LogP contribution in [0, 0.1) is 0 Å². The van der Waals surface area contributed by atoms with Gasteiger partial charge in [-0.15, -0.1) is 11.3 Å². The zero-order chi connectivity index (χ0) is 37.2. The fourth-order valence-electron chi connectivity index (χ4n) is 8.24. The Hall–Kier alpha value is -6.94. The maximum atomic E-state index is 8.54. The van der Waals surface area contributed by atoms with Crippen LogP contribution in [0.4, 0.5) is 17.1 Å². The SMILES string of the molecule is [2H]c1cccc2c1sc1c(-c3ccc(N(c4ccc(-c5cccc6ccccc56)cc4)c4cccc(-c5cccc6oc7ccccc7c56)c4)cc3)cccc12. The van der Waals surface area contributed by atoms with Crippen LogP contribution >= 0.6 is 11.3 Å². The number of rotatable bonds is 6. The minimum Gasteiger partial charge on any atom is -0.456 e. The predicted molar refractivity (Wildman–Crippen MR) is 235 cm³/mol. The summed E-state index contributed by atoms with van der Waals surface area (Å²) in [7, 11) is 0. The van der Waals surface area contributed by atoms with E-state index in [-0.39, 0.29) is 0 Å². The molecule has 55 heavy (non-hydrogen) atoms. The molecule has 2 aromatic heterocycles. The van der Waals surface area contributed by atoms with Crippen molar-refractivity contribution in [1.29, 1.82) is 0 Å². The van der Waals surface area contributed by atoms with Crippen molar-refractivity contribution >= 4 is 81.3 Å². The van der Waals surface area contributed by atoms with Crippen molar-refractivity contribution in [1.82, 2.24) is 0 Å². The van der Waals surface area contributed by atoms with Gasteiger partial charge in [0.05, 0.1) is 1.37 Å². The molecule has 0 bridgehead atoms. The van der Waals surface area contributed by atoms with Crippen molar-refractivity contribution in [3.8, 4) is 33.4 Å². The van der Waals surface area contributed by atoms with Gasteiger partial charge in [-0.05, 0) is 98.7 Å². The lowest BCUT2D eigenvalue weighted by molar-refractivity contribution is 0.669. The lowest BCUT2D eigenvalue weighted by Crippen LogP contribution is -2.10. The van der Waals surface area contributed by atoms with Gasteiger partial charge in [0.25, 0.3) is 0 Å². The molecule has 0 saturated heterocycles. The van der Waals surface area contributed by atoms with Gasteiger partial charge in [-0.2, -0.15) is 0 Å². The number of fused-ring (bicyclic) bond motifs is 7. The highest BCUT2D eigenvalue weighted by molar-refractivity contribution is 7.26. The monoisotopic (exact) mass is 720 g/mol. The standard InChI is InChI=1S/C52H33NOS/c1-2-15-41-34(11-1)12-8-18-42(41)35-25-29-38(30-26-35)53(39-31-27-36(28-32-39)44-20-9-21-46-45-16-4-6-24-50(45)55-52(44)46)40-14-7-13-37(33-40)43-19-10-23-49-51(43)47-17-3-5-22-48(47)54-49/h1-33H/i24D. The minimum absolute atomic E-state index is 0.575. The second-order valence-electron chi connectivity index (χ2n) is 14.0. The number of anilines is 3. The first-order valence-corrected chi connectivity index (χ1v) is 19.4. The molecule has 0 radical (unpaired) electrons. The molecule has 0 aliphatic rings. The summed E-state index contributed by atoms with van der Waals surface area (Å²) in [6.07, 6.45) is 0. The fraction of sp³-hybridized carbons (Fsp3) is 0. The molecule has 0 unspecified atom stereocenters. The number of furan rings is 1. The Labute approximate surface area is 324 Å². The summed E-state index contributed by atoms with van der Waals surface area (Å²) in [5.74, 6) is 0. The minimum atomic E-state index is 0.575. The van der Waals surface area contributed by atoms with E-state index in [0.29, 0.717) is 6.04 Å². The molecule has 0 fully saturated rings. The van der Waals surface area contributed by atoms with Crippen LogP contribution in [0.1, 0.15) is 1.37 Å². The number of nitrogens with zero attached hydrogens (tertiary/aromatic N) is 1. The van der Waals surface area contributed by atoms with Crippen molar-refractivity contribution in [2.45, 2.75) is 0 Å². The maximum absolute atomic E-state index is 8.54. The second kappa shape index (κ2) is 12.9. The molecule has 0 aliphatic heterocycles. The van der Waals surface area contributed by atoms with Crippen LogP contribution < -0.4 is 4.90 Å². The van der Waals surface area contributed by atoms with E-state index in [1.807, 2.05) is 24.3 Å². The molecule has 11 aromatic rings. The first kappa shape index (κ1) is 30.5. The number of benzene rings is 9. The lowest BCUT2D eigenvalue weighted by Gasteiger charge is -2.26. The highest BCUT2D eigenvalue weighted by Crippen LogP contribution is 2.43. The summed E-state index contributed by atoms with van der Waals surface area (Å²) in [5.41, 5.74) is 12.0. The molecule has 258 valence electrons. The van der Waals surface area contributed by atoms with Crippen LogP contribution in [-0.4, -0.2) is 0 Å². The van der Waals surface area contributed by atoms with Crippen LogP contribution in [0.5, 0.6) is 0 Å². The third-order valence-corrected chi connectivity index (χ3v) is 12.0. The van der Waals surface area contributed by atoms with Crippen molar-refractivity contribution in [2.24, 2.45) is 0 Å². The number of hydrogen-bond donors (Lipinski definition) is 0. The van der Waals surface area contributed by atoms with Crippen molar-refractivity contribution in [3.05, 3.63) is 200 Å². The van der Waals surface area contributed by atoms with Crippen LogP contribution in [-0.2, 0) is 0 Å². The Morgan fingerprint density at radius 1 is 0.418 bits per heavy atom. The van der Waals surface area contributed by atoms with E-state index >= 15 is 0 Å². The van der Waals surface area contributed by atoms with Crippen LogP contribution in [0.25, 0.3) is 86.3 Å². The van der Waals surface area contributed by atoms with Crippen LogP contribution in [0.15, 0.2) is 205 Å². The molecular weight excluding hydrogens is 687 g/mol. The van der Waals surface area contributed by atoms with Gasteiger partial charge in [-0.1, -0.05) is 146 Å². The molecule has 3 heteroatoms. The number of thiophene rings is 1. The smallest absolute Gasteiger partial charge is 0.136 e. The summed E-state index contributed by atoms with van der Waals surface area (Å²) in [6, 6.07) is 69.5. The molecule has 0 aliphatic carbocycles. The van der Waals surface area contributed by atoms with E-state index in [1.54, 1.807) is 11.3 Å². The van der Waals surface area contributed by atoms with E-state index < -0.39 is 0 Å². The Morgan fingerprint density at radius 3 is 1.87 bits per heavy atom. The highest BCUT2D eigenvalue weighted by atomic mass is 32.1. The van der Waals surface area contributed by atoms with Crippen molar-refractivity contribution in [3.63, 3.8) is 0 Å². The Kier molecular flexibility index (Phi) is 7.14. The van der Waals surface area contributed by atoms with E-state index in [9.17, 15) is 0 Å². The first-order valence-electron chi connectivity index (χ1n) is 19.1. The molecule has 2 heterocycles. The summed E-state index contributed by atoms with van der Waals surface area (Å²) in [4.78, 5) is 2.35. The summed E-state index contributed by atoms with van der Waals surface area (Å²) >= 11 is 1.71. The van der Waals surface area contributed by atoms with E-state index in [4.69, 9.17) is 5.79 Å². The summed E-state index contributed by atoms with van der Waals surface area (Å²) < 4.78 is 17.1. The zero-order valence-electron chi connectivity index (χ0n) is 30.7. The molecule has 11 rings (SSSR count). The predicted octanol–water partition coefficient (Wildman–Crippen LogP) is 15.6. The lowest BCUT2D eigenvalue weighted by atomic mass is 9.97. The van der Waals surface area contributed by atoms with Gasteiger partial charge in [0.15, 0.2) is 0 Å². The van der Waals surface area contributed by atoms with Gasteiger partial charge in [-0.3, -0.25) is 0 Å². The average Bonchev–Trinajstić information content (AvgIpc) is 3.84. The molecule has 0 spiro atoms. The number of hydrogen-bond acceptors (Lipinski definition) is 3. The quantitative estimate of drug-likeness (QED) is 0.170. The van der Waals surface area contributed by atoms with E-state index in [1.165, 1.54) is 37.5 Å². The van der Waals surface area contributed by atoms with Gasteiger partial charge in [0.1, 0.15) is 11.2 Å². The van der Waals surface area contributed by atoms with E-state index in [0.717, 1.165) is 65.8 Å². The van der Waals surface area contributed by atoms with Gasteiger partial charge in [0, 0.05) is 48.0 Å². The van der Waals surface area contributed by atoms with Crippen LogP contribution in [0.2, 0.25) is 0 Å². The molecule has 0 saturated carbocycles.